The molecule has 12 heteroatoms. The lowest BCUT2D eigenvalue weighted by molar-refractivity contribution is 0.0987. The lowest BCUT2D eigenvalue weighted by atomic mass is 10.2. The Morgan fingerprint density at radius 3 is 2.42 bits per heavy atom. The molecule has 0 aliphatic rings. The summed E-state index contributed by atoms with van der Waals surface area (Å²) in [5.74, 6) is -0.00319. The quantitative estimate of drug-likeness (QED) is 0.190. The molecule has 0 spiro atoms. The second-order valence-electron chi connectivity index (χ2n) is 8.26. The number of thiazole rings is 1. The first kappa shape index (κ1) is 27.6. The Kier molecular flexibility index (Phi) is 9.02. The van der Waals surface area contributed by atoms with E-state index in [0.717, 1.165) is 15.8 Å². The minimum Gasteiger partial charge on any atom is -0.463 e. The van der Waals surface area contributed by atoms with Gasteiger partial charge in [-0.25, -0.2) is 13.4 Å². The summed E-state index contributed by atoms with van der Waals surface area (Å²) < 4.78 is 44.1. The van der Waals surface area contributed by atoms with E-state index in [0.29, 0.717) is 10.9 Å². The molecular weight excluding hydrogens is 528 g/mol. The van der Waals surface area contributed by atoms with Crippen LogP contribution >= 0.6 is 11.3 Å². The van der Waals surface area contributed by atoms with Gasteiger partial charge in [0.1, 0.15) is 5.76 Å². The number of carbonyl (C=O) groups excluding carboxylic acids is 1. The normalized spacial score (nSPS) is 12.1. The topological polar surface area (TPSA) is 115 Å². The Morgan fingerprint density at radius 1 is 1.08 bits per heavy atom. The first-order chi connectivity index (χ1) is 18.3. The third-order valence-electron chi connectivity index (χ3n) is 5.58. The van der Waals surface area contributed by atoms with Crippen molar-refractivity contribution in [3.05, 3.63) is 77.7 Å². The van der Waals surface area contributed by atoms with E-state index in [4.69, 9.17) is 13.9 Å². The third-order valence-corrected chi connectivity index (χ3v) is 8.49. The molecule has 10 nitrogen and oxygen atoms in total. The van der Waals surface area contributed by atoms with Crippen molar-refractivity contribution in [2.24, 2.45) is 5.10 Å². The van der Waals surface area contributed by atoms with Crippen molar-refractivity contribution in [1.82, 2.24) is 9.29 Å². The van der Waals surface area contributed by atoms with Gasteiger partial charge in [-0.2, -0.15) is 14.4 Å². The average Bonchev–Trinajstić information content (AvgIpc) is 3.58. The molecule has 0 atom stereocenters. The zero-order chi connectivity index (χ0) is 27.1. The van der Waals surface area contributed by atoms with Crippen LogP contribution in [0, 0.1) is 6.92 Å². The number of benzene rings is 2. The number of amides is 1. The summed E-state index contributed by atoms with van der Waals surface area (Å²) in [6.07, 6.45) is 2.94. The Hall–Kier alpha value is -3.42. The Labute approximate surface area is 225 Å². The number of fused-ring (bicyclic) bond motifs is 1. The first-order valence-corrected chi connectivity index (χ1v) is 14.0. The molecule has 0 aliphatic carbocycles. The molecule has 38 heavy (non-hydrogen) atoms. The number of methoxy groups -OCH3 is 2. The van der Waals surface area contributed by atoms with Crippen LogP contribution in [0.2, 0.25) is 0 Å². The Balaban J connectivity index is 1.64. The number of aromatic nitrogens is 1. The maximum absolute atomic E-state index is 13.6. The van der Waals surface area contributed by atoms with E-state index >= 15 is 0 Å². The monoisotopic (exact) mass is 556 g/mol. The molecule has 4 aromatic rings. The average molecular weight is 557 g/mol. The second kappa shape index (κ2) is 12.4. The molecule has 0 N–H and O–H groups in total. The van der Waals surface area contributed by atoms with Crippen LogP contribution in [-0.2, 0) is 19.5 Å². The molecule has 0 radical (unpaired) electrons. The number of rotatable bonds is 12. The van der Waals surface area contributed by atoms with E-state index < -0.39 is 15.9 Å². The van der Waals surface area contributed by atoms with E-state index in [1.165, 1.54) is 71.6 Å². The minimum atomic E-state index is -3.83. The molecule has 0 saturated heterocycles. The number of ether oxygens (including phenoxy) is 2. The molecule has 0 bridgehead atoms. The van der Waals surface area contributed by atoms with Gasteiger partial charge in [-0.3, -0.25) is 4.79 Å². The number of hydrogen-bond acceptors (Lipinski definition) is 9. The Bertz CT molecular complexity index is 1490. The van der Waals surface area contributed by atoms with Crippen molar-refractivity contribution >= 4 is 48.8 Å². The van der Waals surface area contributed by atoms with Crippen molar-refractivity contribution in [2.45, 2.75) is 11.8 Å². The van der Waals surface area contributed by atoms with Gasteiger partial charge in [-0.15, -0.1) is 0 Å². The summed E-state index contributed by atoms with van der Waals surface area (Å²) in [5, 5.41) is 5.92. The molecule has 0 unspecified atom stereocenters. The van der Waals surface area contributed by atoms with Crippen LogP contribution in [0.15, 0.2) is 75.3 Å². The van der Waals surface area contributed by atoms with E-state index in [1.54, 1.807) is 12.1 Å². The SMILES string of the molecule is COCCN(CCOC)S(=O)(=O)c1ccc(C(=O)N(/N=C/c2ccco2)c2nc3ccc(C)cc3s2)cc1. The summed E-state index contributed by atoms with van der Waals surface area (Å²) in [4.78, 5) is 18.2. The molecule has 2 aromatic carbocycles. The standard InChI is InChI=1S/C26H28N4O6S2/c1-19-6-11-23-24(17-19)37-26(28-23)30(27-18-21-5-4-14-36-21)25(31)20-7-9-22(10-8-20)38(32,33)29(12-15-34-2)13-16-35-3/h4-11,14,17-18H,12-13,15-16H2,1-3H3/b27-18+. The van der Waals surface area contributed by atoms with Gasteiger partial charge in [-0.05, 0) is 61.0 Å². The number of hydrazone groups is 1. The number of anilines is 1. The van der Waals surface area contributed by atoms with Crippen molar-refractivity contribution in [2.75, 3.05) is 45.5 Å². The van der Waals surface area contributed by atoms with E-state index in [1.807, 2.05) is 25.1 Å². The number of carbonyl (C=O) groups is 1. The molecular formula is C26H28N4O6S2. The van der Waals surface area contributed by atoms with Crippen LogP contribution in [0.5, 0.6) is 0 Å². The minimum absolute atomic E-state index is 0.0577. The first-order valence-electron chi connectivity index (χ1n) is 11.7. The van der Waals surface area contributed by atoms with Crippen molar-refractivity contribution in [3.63, 3.8) is 0 Å². The van der Waals surface area contributed by atoms with Gasteiger partial charge in [0.25, 0.3) is 5.91 Å². The fraction of sp³-hybridized carbons (Fsp3) is 0.269. The summed E-state index contributed by atoms with van der Waals surface area (Å²) in [6.45, 7) is 2.82. The van der Waals surface area contributed by atoms with Crippen LogP contribution in [-0.4, -0.2) is 70.4 Å². The predicted molar refractivity (Wildman–Crippen MR) is 146 cm³/mol. The number of sulfonamides is 1. The molecule has 0 aliphatic heterocycles. The fourth-order valence-corrected chi connectivity index (χ4v) is 5.99. The van der Waals surface area contributed by atoms with Crippen LogP contribution in [0.3, 0.4) is 0 Å². The van der Waals surface area contributed by atoms with Gasteiger partial charge in [-0.1, -0.05) is 17.4 Å². The summed E-state index contributed by atoms with van der Waals surface area (Å²) >= 11 is 1.33. The highest BCUT2D eigenvalue weighted by molar-refractivity contribution is 7.89. The molecule has 200 valence electrons. The van der Waals surface area contributed by atoms with Crippen molar-refractivity contribution < 1.29 is 27.1 Å². The summed E-state index contributed by atoms with van der Waals surface area (Å²) in [6, 6.07) is 15.0. The lowest BCUT2D eigenvalue weighted by Crippen LogP contribution is -2.36. The number of hydrogen-bond donors (Lipinski definition) is 0. The van der Waals surface area contributed by atoms with Gasteiger partial charge >= 0.3 is 0 Å². The van der Waals surface area contributed by atoms with Crippen LogP contribution < -0.4 is 5.01 Å². The molecule has 0 saturated carbocycles. The zero-order valence-corrected chi connectivity index (χ0v) is 22.9. The smallest absolute Gasteiger partial charge is 0.280 e. The maximum Gasteiger partial charge on any atom is 0.280 e. The highest BCUT2D eigenvalue weighted by Gasteiger charge is 2.26. The number of aryl methyl sites for hydroxylation is 1. The fourth-order valence-electron chi connectivity index (χ4n) is 3.56. The van der Waals surface area contributed by atoms with E-state index in [-0.39, 0.29) is 36.8 Å². The number of nitrogens with zero attached hydrogens (tertiary/aromatic N) is 4. The summed E-state index contributed by atoms with van der Waals surface area (Å²) in [5.41, 5.74) is 2.07. The molecule has 2 heterocycles. The van der Waals surface area contributed by atoms with Gasteiger partial charge in [0.05, 0.1) is 40.8 Å². The summed E-state index contributed by atoms with van der Waals surface area (Å²) in [7, 11) is -0.809. The van der Waals surface area contributed by atoms with Crippen molar-refractivity contribution in [3.8, 4) is 0 Å². The van der Waals surface area contributed by atoms with E-state index in [9.17, 15) is 13.2 Å². The Morgan fingerprint density at radius 2 is 1.79 bits per heavy atom. The molecule has 0 fully saturated rings. The zero-order valence-electron chi connectivity index (χ0n) is 21.2. The lowest BCUT2D eigenvalue weighted by Gasteiger charge is -2.21. The molecule has 2 aromatic heterocycles. The van der Waals surface area contributed by atoms with Gasteiger partial charge in [0.2, 0.25) is 15.2 Å². The third kappa shape index (κ3) is 6.34. The van der Waals surface area contributed by atoms with Gasteiger partial charge in [0.15, 0.2) is 0 Å². The van der Waals surface area contributed by atoms with Crippen LogP contribution in [0.1, 0.15) is 21.7 Å². The maximum atomic E-state index is 13.6. The van der Waals surface area contributed by atoms with Crippen molar-refractivity contribution in [1.29, 1.82) is 0 Å². The molecule has 4 rings (SSSR count). The van der Waals surface area contributed by atoms with E-state index in [2.05, 4.69) is 10.1 Å². The van der Waals surface area contributed by atoms with Crippen LogP contribution in [0.25, 0.3) is 10.2 Å². The predicted octanol–water partition coefficient (Wildman–Crippen LogP) is 4.16. The van der Waals surface area contributed by atoms with Gasteiger partial charge < -0.3 is 13.9 Å². The van der Waals surface area contributed by atoms with Gasteiger partial charge in [0, 0.05) is 32.9 Å². The highest BCUT2D eigenvalue weighted by atomic mass is 32.2. The second-order valence-corrected chi connectivity index (χ2v) is 11.2. The highest BCUT2D eigenvalue weighted by Crippen LogP contribution is 2.31. The van der Waals surface area contributed by atoms with Crippen LogP contribution in [0.4, 0.5) is 5.13 Å². The number of furan rings is 1. The molecule has 1 amide bonds. The largest absolute Gasteiger partial charge is 0.463 e.